The van der Waals surface area contributed by atoms with E-state index < -0.39 is 0 Å². The predicted molar refractivity (Wildman–Crippen MR) is 95.1 cm³/mol. The first-order chi connectivity index (χ1) is 11.0. The highest BCUT2D eigenvalue weighted by molar-refractivity contribution is 9.09. The molecule has 4 nitrogen and oxygen atoms in total. The number of alkyl halides is 1. The van der Waals surface area contributed by atoms with Crippen LogP contribution in [0.5, 0.6) is 0 Å². The van der Waals surface area contributed by atoms with Gasteiger partial charge in [0.1, 0.15) is 5.58 Å². The normalized spacial score (nSPS) is 17.2. The first kappa shape index (κ1) is 16.1. The first-order valence-corrected chi connectivity index (χ1v) is 8.78. The van der Waals surface area contributed by atoms with Crippen LogP contribution >= 0.6 is 15.9 Å². The molecule has 120 valence electrons. The van der Waals surface area contributed by atoms with Gasteiger partial charge in [0.25, 0.3) is 0 Å². The molecule has 1 aliphatic rings. The fourth-order valence-corrected chi connectivity index (χ4v) is 3.44. The topological polar surface area (TPSA) is 57.2 Å². The van der Waals surface area contributed by atoms with Gasteiger partial charge in [-0.2, -0.15) is 5.26 Å². The zero-order valence-electron chi connectivity index (χ0n) is 13.3. The highest BCUT2D eigenvalue weighted by Crippen LogP contribution is 2.32. The molecule has 3 rings (SSSR count). The molecule has 0 amide bonds. The average molecular weight is 375 g/mol. The molecule has 0 N–H and O–H groups in total. The Morgan fingerprint density at radius 1 is 1.35 bits per heavy atom. The average Bonchev–Trinajstić information content (AvgIpc) is 2.54. The Bertz CT molecular complexity index is 827. The molecular weight excluding hydrogens is 356 g/mol. The van der Waals surface area contributed by atoms with Crippen molar-refractivity contribution in [1.29, 1.82) is 5.26 Å². The van der Waals surface area contributed by atoms with Crippen LogP contribution < -0.4 is 10.3 Å². The van der Waals surface area contributed by atoms with Crippen molar-refractivity contribution < 1.29 is 4.42 Å². The molecule has 0 radical (unpaired) electrons. The van der Waals surface area contributed by atoms with E-state index >= 15 is 0 Å². The third kappa shape index (κ3) is 3.13. The van der Waals surface area contributed by atoms with Crippen molar-refractivity contribution in [3.8, 4) is 6.07 Å². The van der Waals surface area contributed by atoms with Crippen molar-refractivity contribution in [3.63, 3.8) is 0 Å². The molecule has 0 aliphatic carbocycles. The molecule has 0 bridgehead atoms. The van der Waals surface area contributed by atoms with Gasteiger partial charge in [0.15, 0.2) is 11.3 Å². The van der Waals surface area contributed by atoms with Gasteiger partial charge < -0.3 is 9.32 Å². The van der Waals surface area contributed by atoms with E-state index in [9.17, 15) is 4.79 Å². The van der Waals surface area contributed by atoms with E-state index in [4.69, 9.17) is 9.68 Å². The summed E-state index contributed by atoms with van der Waals surface area (Å²) in [6.45, 7) is 5.51. The van der Waals surface area contributed by atoms with E-state index in [-0.39, 0.29) is 16.2 Å². The lowest BCUT2D eigenvalue weighted by atomic mass is 9.99. The summed E-state index contributed by atoms with van der Waals surface area (Å²) in [6.07, 6.45) is 1.63. The number of fused-ring (bicyclic) bond motifs is 1. The number of benzene rings is 1. The summed E-state index contributed by atoms with van der Waals surface area (Å²) in [5, 5.41) is 9.64. The summed E-state index contributed by atoms with van der Waals surface area (Å²) in [5.74, 6) is 0.719. The van der Waals surface area contributed by atoms with Crippen molar-refractivity contribution in [2.45, 2.75) is 31.5 Å². The summed E-state index contributed by atoms with van der Waals surface area (Å²) in [5.41, 5.74) is 2.69. The van der Waals surface area contributed by atoms with Crippen molar-refractivity contribution in [3.05, 3.63) is 39.5 Å². The van der Waals surface area contributed by atoms with Crippen LogP contribution in [0.1, 0.15) is 35.7 Å². The molecule has 0 spiro atoms. The quantitative estimate of drug-likeness (QED) is 0.735. The molecule has 1 fully saturated rings. The maximum Gasteiger partial charge on any atom is 0.200 e. The smallest absolute Gasteiger partial charge is 0.200 e. The summed E-state index contributed by atoms with van der Waals surface area (Å²) in [7, 11) is 0. The highest BCUT2D eigenvalue weighted by Gasteiger charge is 2.22. The van der Waals surface area contributed by atoms with Gasteiger partial charge in [0, 0.05) is 35.5 Å². The number of halogens is 1. The fraction of sp³-hybridized carbons (Fsp3) is 0.444. The Morgan fingerprint density at radius 2 is 2.04 bits per heavy atom. The van der Waals surface area contributed by atoms with Crippen LogP contribution in [0.25, 0.3) is 11.0 Å². The second kappa shape index (κ2) is 6.37. The van der Waals surface area contributed by atoms with E-state index in [1.807, 2.05) is 19.9 Å². The predicted octanol–water partition coefficient (Wildman–Crippen LogP) is 4.30. The van der Waals surface area contributed by atoms with Crippen LogP contribution in [-0.2, 0) is 0 Å². The SMILES string of the molecule is Cc1cc(C(C)Br)c2oc(N3CCC(C#N)CC3)cc(=O)c2c1. The molecule has 1 saturated heterocycles. The van der Waals surface area contributed by atoms with Gasteiger partial charge in [-0.1, -0.05) is 22.0 Å². The van der Waals surface area contributed by atoms with E-state index in [0.717, 1.165) is 37.1 Å². The van der Waals surface area contributed by atoms with Crippen LogP contribution in [0.3, 0.4) is 0 Å². The Balaban J connectivity index is 2.07. The summed E-state index contributed by atoms with van der Waals surface area (Å²) in [6, 6.07) is 7.84. The number of piperidine rings is 1. The molecule has 23 heavy (non-hydrogen) atoms. The lowest BCUT2D eigenvalue weighted by Crippen LogP contribution is -2.33. The number of rotatable bonds is 2. The van der Waals surface area contributed by atoms with E-state index in [0.29, 0.717) is 16.9 Å². The second-order valence-electron chi connectivity index (χ2n) is 6.19. The van der Waals surface area contributed by atoms with Crippen molar-refractivity contribution in [2.75, 3.05) is 18.0 Å². The zero-order chi connectivity index (χ0) is 16.6. The molecule has 5 heteroatoms. The van der Waals surface area contributed by atoms with Crippen LogP contribution in [0.15, 0.2) is 27.4 Å². The summed E-state index contributed by atoms with van der Waals surface area (Å²) < 4.78 is 6.11. The van der Waals surface area contributed by atoms with Gasteiger partial charge in [-0.25, -0.2) is 0 Å². The Kier molecular flexibility index (Phi) is 4.45. The minimum atomic E-state index is -0.0123. The van der Waals surface area contributed by atoms with Gasteiger partial charge in [-0.3, -0.25) is 4.79 Å². The van der Waals surface area contributed by atoms with Gasteiger partial charge in [-0.15, -0.1) is 0 Å². The lowest BCUT2D eigenvalue weighted by Gasteiger charge is -2.29. The maximum absolute atomic E-state index is 12.5. The standard InChI is InChI=1S/C18H19BrN2O2/c1-11-7-14(12(2)19)18-15(8-11)16(22)9-17(23-18)21-5-3-13(10-20)4-6-21/h7-9,12-13H,3-6H2,1-2H3. The van der Waals surface area contributed by atoms with Gasteiger partial charge in [-0.05, 0) is 38.3 Å². The largest absolute Gasteiger partial charge is 0.440 e. The lowest BCUT2D eigenvalue weighted by molar-refractivity contribution is 0.457. The van der Waals surface area contributed by atoms with Gasteiger partial charge >= 0.3 is 0 Å². The van der Waals surface area contributed by atoms with Crippen LogP contribution in [0, 0.1) is 24.2 Å². The van der Waals surface area contributed by atoms with Crippen molar-refractivity contribution in [2.24, 2.45) is 5.92 Å². The molecule has 0 saturated carbocycles. The number of aryl methyl sites for hydroxylation is 1. The number of hydrogen-bond acceptors (Lipinski definition) is 4. The minimum absolute atomic E-state index is 0.0123. The summed E-state index contributed by atoms with van der Waals surface area (Å²) >= 11 is 3.59. The highest BCUT2D eigenvalue weighted by atomic mass is 79.9. The molecule has 2 heterocycles. The van der Waals surface area contributed by atoms with Crippen LogP contribution in [0.4, 0.5) is 5.88 Å². The number of nitriles is 1. The Hall–Kier alpha value is -1.80. The fourth-order valence-electron chi connectivity index (χ4n) is 3.10. The van der Waals surface area contributed by atoms with Crippen LogP contribution in [-0.4, -0.2) is 13.1 Å². The molecular formula is C18H19BrN2O2. The van der Waals surface area contributed by atoms with Crippen LogP contribution in [0.2, 0.25) is 0 Å². The molecule has 1 atom stereocenters. The Labute approximate surface area is 143 Å². The molecule has 1 unspecified atom stereocenters. The number of anilines is 1. The van der Waals surface area contributed by atoms with Crippen molar-refractivity contribution in [1.82, 2.24) is 0 Å². The third-order valence-corrected chi connectivity index (χ3v) is 4.90. The molecule has 2 aromatic rings. The maximum atomic E-state index is 12.5. The molecule has 1 aromatic carbocycles. The number of nitrogens with zero attached hydrogens (tertiary/aromatic N) is 2. The number of hydrogen-bond donors (Lipinski definition) is 0. The monoisotopic (exact) mass is 374 g/mol. The van der Waals surface area contributed by atoms with Gasteiger partial charge in [0.05, 0.1) is 11.5 Å². The van der Waals surface area contributed by atoms with Gasteiger partial charge in [0.2, 0.25) is 0 Å². The minimum Gasteiger partial charge on any atom is -0.440 e. The summed E-state index contributed by atoms with van der Waals surface area (Å²) in [4.78, 5) is 14.7. The second-order valence-corrected chi connectivity index (χ2v) is 7.56. The van der Waals surface area contributed by atoms with E-state index in [1.54, 1.807) is 6.07 Å². The zero-order valence-corrected chi connectivity index (χ0v) is 14.9. The van der Waals surface area contributed by atoms with E-state index in [2.05, 4.69) is 33.0 Å². The third-order valence-electron chi connectivity index (χ3n) is 4.41. The Morgan fingerprint density at radius 3 is 2.65 bits per heavy atom. The van der Waals surface area contributed by atoms with E-state index in [1.165, 1.54) is 0 Å². The first-order valence-electron chi connectivity index (χ1n) is 7.86. The molecule has 1 aromatic heterocycles. The molecule has 1 aliphatic heterocycles. The van der Waals surface area contributed by atoms with Crippen molar-refractivity contribution >= 4 is 32.8 Å².